The van der Waals surface area contributed by atoms with Crippen LogP contribution in [0.15, 0.2) is 18.2 Å². The summed E-state index contributed by atoms with van der Waals surface area (Å²) in [5, 5.41) is 22.2. The minimum absolute atomic E-state index is 0.0331. The summed E-state index contributed by atoms with van der Waals surface area (Å²) in [5.41, 5.74) is -0.553. The van der Waals surface area contributed by atoms with Gasteiger partial charge in [-0.3, -0.25) is 19.7 Å². The first-order valence-electron chi connectivity index (χ1n) is 5.92. The fourth-order valence-corrected chi connectivity index (χ4v) is 1.55. The highest BCUT2D eigenvalue weighted by Gasteiger charge is 2.35. The van der Waals surface area contributed by atoms with Gasteiger partial charge < -0.3 is 10.4 Å². The SMILES string of the molecule is Cc1c(CNC(=O)C(C)(C)C(=O)O)cccc1[N+](=O)[O-]. The van der Waals surface area contributed by atoms with Gasteiger partial charge in [0.2, 0.25) is 5.91 Å². The second-order valence-electron chi connectivity index (χ2n) is 4.93. The molecule has 0 aromatic heterocycles. The molecular formula is C13H16N2O5. The van der Waals surface area contributed by atoms with Crippen molar-refractivity contribution in [3.05, 3.63) is 39.4 Å². The summed E-state index contributed by atoms with van der Waals surface area (Å²) in [7, 11) is 0. The van der Waals surface area contributed by atoms with Crippen molar-refractivity contribution >= 4 is 17.6 Å². The molecule has 0 heterocycles. The molecule has 1 aromatic rings. The summed E-state index contributed by atoms with van der Waals surface area (Å²) in [4.78, 5) is 33.0. The number of carboxylic acids is 1. The number of nitro groups is 1. The first kappa shape index (κ1) is 15.6. The molecule has 0 bridgehead atoms. The minimum Gasteiger partial charge on any atom is -0.480 e. The first-order valence-corrected chi connectivity index (χ1v) is 5.92. The summed E-state index contributed by atoms with van der Waals surface area (Å²) in [6, 6.07) is 4.55. The normalized spacial score (nSPS) is 10.9. The molecule has 1 aromatic carbocycles. The van der Waals surface area contributed by atoms with E-state index >= 15 is 0 Å². The number of carboxylic acid groups (broad SMARTS) is 1. The molecule has 0 unspecified atom stereocenters. The Bertz CT molecular complexity index is 566. The third-order valence-corrected chi connectivity index (χ3v) is 3.16. The summed E-state index contributed by atoms with van der Waals surface area (Å²) in [6.07, 6.45) is 0. The van der Waals surface area contributed by atoms with E-state index in [-0.39, 0.29) is 12.2 Å². The van der Waals surface area contributed by atoms with Gasteiger partial charge in [0.15, 0.2) is 0 Å². The van der Waals surface area contributed by atoms with E-state index in [0.717, 1.165) is 0 Å². The monoisotopic (exact) mass is 280 g/mol. The van der Waals surface area contributed by atoms with Gasteiger partial charge in [-0.05, 0) is 26.3 Å². The summed E-state index contributed by atoms with van der Waals surface area (Å²) in [6.45, 7) is 4.22. The highest BCUT2D eigenvalue weighted by molar-refractivity contribution is 6.00. The van der Waals surface area contributed by atoms with Crippen LogP contribution in [-0.2, 0) is 16.1 Å². The molecule has 0 aliphatic rings. The van der Waals surface area contributed by atoms with Crippen LogP contribution >= 0.6 is 0 Å². The van der Waals surface area contributed by atoms with Gasteiger partial charge in [-0.25, -0.2) is 0 Å². The number of carbonyl (C=O) groups excluding carboxylic acids is 1. The summed E-state index contributed by atoms with van der Waals surface area (Å²) < 4.78 is 0. The van der Waals surface area contributed by atoms with Gasteiger partial charge in [0.1, 0.15) is 5.41 Å². The average molecular weight is 280 g/mol. The highest BCUT2D eigenvalue weighted by atomic mass is 16.6. The van der Waals surface area contributed by atoms with Crippen LogP contribution in [0, 0.1) is 22.5 Å². The number of nitrogens with one attached hydrogen (secondary N) is 1. The van der Waals surface area contributed by atoms with Gasteiger partial charge in [0, 0.05) is 18.2 Å². The van der Waals surface area contributed by atoms with Crippen molar-refractivity contribution in [2.24, 2.45) is 5.41 Å². The lowest BCUT2D eigenvalue weighted by Crippen LogP contribution is -2.42. The molecule has 1 rings (SSSR count). The van der Waals surface area contributed by atoms with Crippen LogP contribution in [0.1, 0.15) is 25.0 Å². The van der Waals surface area contributed by atoms with E-state index in [1.165, 1.54) is 26.0 Å². The number of carbonyl (C=O) groups is 2. The first-order chi connectivity index (χ1) is 9.17. The maximum absolute atomic E-state index is 11.8. The van der Waals surface area contributed by atoms with Crippen LogP contribution in [0.25, 0.3) is 0 Å². The second-order valence-corrected chi connectivity index (χ2v) is 4.93. The smallest absolute Gasteiger partial charge is 0.318 e. The zero-order chi connectivity index (χ0) is 15.5. The van der Waals surface area contributed by atoms with Crippen LogP contribution in [0.5, 0.6) is 0 Å². The van der Waals surface area contributed by atoms with Crippen molar-refractivity contribution < 1.29 is 19.6 Å². The average Bonchev–Trinajstić information content (AvgIpc) is 2.36. The lowest BCUT2D eigenvalue weighted by molar-refractivity contribution is -0.385. The lowest BCUT2D eigenvalue weighted by Gasteiger charge is -2.18. The van der Waals surface area contributed by atoms with Crippen LogP contribution in [0.4, 0.5) is 5.69 Å². The van der Waals surface area contributed by atoms with E-state index in [4.69, 9.17) is 5.11 Å². The van der Waals surface area contributed by atoms with Crippen molar-refractivity contribution in [1.82, 2.24) is 5.32 Å². The van der Waals surface area contributed by atoms with Crippen molar-refractivity contribution in [3.63, 3.8) is 0 Å². The second kappa shape index (κ2) is 5.68. The number of benzene rings is 1. The Balaban J connectivity index is 2.87. The number of aliphatic carboxylic acids is 1. The molecule has 0 radical (unpaired) electrons. The highest BCUT2D eigenvalue weighted by Crippen LogP contribution is 2.21. The molecule has 1 amide bonds. The van der Waals surface area contributed by atoms with Crippen LogP contribution in [-0.4, -0.2) is 21.9 Å². The van der Waals surface area contributed by atoms with Crippen LogP contribution in [0.3, 0.4) is 0 Å². The molecule has 0 saturated heterocycles. The van der Waals surface area contributed by atoms with Crippen LogP contribution < -0.4 is 5.32 Å². The van der Waals surface area contributed by atoms with Crippen molar-refractivity contribution in [2.75, 3.05) is 0 Å². The third-order valence-electron chi connectivity index (χ3n) is 3.16. The molecule has 108 valence electrons. The molecule has 0 atom stereocenters. The maximum atomic E-state index is 11.8. The molecule has 7 nitrogen and oxygen atoms in total. The Labute approximate surface area is 115 Å². The maximum Gasteiger partial charge on any atom is 0.318 e. The number of nitro benzene ring substituents is 1. The molecule has 0 fully saturated rings. The Morgan fingerprint density at radius 2 is 2.00 bits per heavy atom. The largest absolute Gasteiger partial charge is 0.480 e. The molecule has 2 N–H and O–H groups in total. The Morgan fingerprint density at radius 1 is 1.40 bits per heavy atom. The topological polar surface area (TPSA) is 110 Å². The van der Waals surface area contributed by atoms with Crippen molar-refractivity contribution in [1.29, 1.82) is 0 Å². The van der Waals surface area contributed by atoms with Gasteiger partial charge >= 0.3 is 5.97 Å². The number of rotatable bonds is 5. The van der Waals surface area contributed by atoms with Gasteiger partial charge in [0.25, 0.3) is 5.69 Å². The summed E-state index contributed by atoms with van der Waals surface area (Å²) >= 11 is 0. The van der Waals surface area contributed by atoms with E-state index in [1.807, 2.05) is 0 Å². The van der Waals surface area contributed by atoms with Gasteiger partial charge in [-0.1, -0.05) is 12.1 Å². The van der Waals surface area contributed by atoms with Crippen LogP contribution in [0.2, 0.25) is 0 Å². The van der Waals surface area contributed by atoms with E-state index in [2.05, 4.69) is 5.32 Å². The number of hydrogen-bond donors (Lipinski definition) is 2. The number of nitrogens with zero attached hydrogens (tertiary/aromatic N) is 1. The minimum atomic E-state index is -1.55. The molecule has 0 spiro atoms. The lowest BCUT2D eigenvalue weighted by atomic mass is 9.92. The van der Waals surface area contributed by atoms with Gasteiger partial charge in [-0.2, -0.15) is 0 Å². The molecule has 20 heavy (non-hydrogen) atoms. The van der Waals surface area contributed by atoms with E-state index in [9.17, 15) is 19.7 Å². The molecule has 0 aliphatic heterocycles. The van der Waals surface area contributed by atoms with E-state index < -0.39 is 22.2 Å². The number of amides is 1. The quantitative estimate of drug-likeness (QED) is 0.484. The fourth-order valence-electron chi connectivity index (χ4n) is 1.55. The number of hydrogen-bond acceptors (Lipinski definition) is 4. The molecular weight excluding hydrogens is 264 g/mol. The van der Waals surface area contributed by atoms with E-state index in [0.29, 0.717) is 11.1 Å². The molecule has 0 aliphatic carbocycles. The van der Waals surface area contributed by atoms with Crippen molar-refractivity contribution in [2.45, 2.75) is 27.3 Å². The fraction of sp³-hybridized carbons (Fsp3) is 0.385. The van der Waals surface area contributed by atoms with E-state index in [1.54, 1.807) is 13.0 Å². The Morgan fingerprint density at radius 3 is 2.50 bits per heavy atom. The predicted octanol–water partition coefficient (Wildman–Crippen LogP) is 1.63. The molecule has 7 heteroatoms. The third kappa shape index (κ3) is 3.11. The van der Waals surface area contributed by atoms with Gasteiger partial charge in [0.05, 0.1) is 4.92 Å². The molecule has 0 saturated carbocycles. The standard InChI is InChI=1S/C13H16N2O5/c1-8-9(5-4-6-10(8)15(19)20)7-14-11(16)13(2,3)12(17)18/h4-6H,7H2,1-3H3,(H,14,16)(H,17,18). The van der Waals surface area contributed by atoms with Crippen molar-refractivity contribution in [3.8, 4) is 0 Å². The predicted molar refractivity (Wildman–Crippen MR) is 71.1 cm³/mol. The Hall–Kier alpha value is -2.44. The Kier molecular flexibility index (Phi) is 4.44. The zero-order valence-corrected chi connectivity index (χ0v) is 11.5. The zero-order valence-electron chi connectivity index (χ0n) is 11.5. The summed E-state index contributed by atoms with van der Waals surface area (Å²) in [5.74, 6) is -1.87. The van der Waals surface area contributed by atoms with Gasteiger partial charge in [-0.15, -0.1) is 0 Å².